The van der Waals surface area contributed by atoms with E-state index >= 15 is 0 Å². The molecule has 0 saturated carbocycles. The number of nitrogens with one attached hydrogen (secondary N) is 1. The molecule has 0 unspecified atom stereocenters. The van der Waals surface area contributed by atoms with Gasteiger partial charge in [-0.25, -0.2) is 8.42 Å². The van der Waals surface area contributed by atoms with Crippen LogP contribution in [0.5, 0.6) is 5.75 Å². The van der Waals surface area contributed by atoms with Gasteiger partial charge in [-0.05, 0) is 42.5 Å². The van der Waals surface area contributed by atoms with E-state index in [4.69, 9.17) is 21.1 Å². The zero-order chi connectivity index (χ0) is 21.9. The van der Waals surface area contributed by atoms with Crippen LogP contribution >= 0.6 is 11.6 Å². The van der Waals surface area contributed by atoms with Crippen LogP contribution in [-0.4, -0.2) is 57.2 Å². The molecule has 11 heteroatoms. The Bertz CT molecular complexity index is 1100. The molecule has 0 bridgehead atoms. The van der Waals surface area contributed by atoms with Crippen LogP contribution in [-0.2, 0) is 24.3 Å². The summed E-state index contributed by atoms with van der Waals surface area (Å²) >= 11 is 5.75. The summed E-state index contributed by atoms with van der Waals surface area (Å²) in [6.45, 7) is -1.27. The fraction of sp³-hybridized carbons (Fsp3) is 0.211. The van der Waals surface area contributed by atoms with E-state index in [0.717, 1.165) is 4.31 Å². The highest BCUT2D eigenvalue weighted by molar-refractivity contribution is 7.89. The molecular formula is C19H17ClN2O7S. The molecule has 0 saturated heterocycles. The topological polar surface area (TPSA) is 119 Å². The summed E-state index contributed by atoms with van der Waals surface area (Å²) in [6, 6.07) is 9.90. The van der Waals surface area contributed by atoms with Gasteiger partial charge in [0, 0.05) is 17.6 Å². The third-order valence-electron chi connectivity index (χ3n) is 4.17. The molecule has 1 aliphatic heterocycles. The van der Waals surface area contributed by atoms with Crippen molar-refractivity contribution in [2.24, 2.45) is 0 Å². The highest BCUT2D eigenvalue weighted by atomic mass is 35.5. The van der Waals surface area contributed by atoms with Gasteiger partial charge in [0.15, 0.2) is 19.0 Å². The Morgan fingerprint density at radius 1 is 1.20 bits per heavy atom. The molecule has 0 aromatic heterocycles. The smallest absolute Gasteiger partial charge is 0.321 e. The number of halogens is 1. The summed E-state index contributed by atoms with van der Waals surface area (Å²) < 4.78 is 35.9. The molecule has 0 spiro atoms. The lowest BCUT2D eigenvalue weighted by molar-refractivity contribution is -0.142. The largest absolute Gasteiger partial charge is 0.482 e. The Morgan fingerprint density at radius 2 is 1.90 bits per heavy atom. The molecule has 0 radical (unpaired) electrons. The Balaban J connectivity index is 1.57. The van der Waals surface area contributed by atoms with Crippen molar-refractivity contribution in [3.63, 3.8) is 0 Å². The van der Waals surface area contributed by atoms with Crippen LogP contribution in [0, 0.1) is 0 Å². The first-order valence-corrected chi connectivity index (χ1v) is 10.5. The lowest BCUT2D eigenvalue weighted by Gasteiger charge is -2.18. The molecule has 1 amide bonds. The van der Waals surface area contributed by atoms with Gasteiger partial charge in [-0.2, -0.15) is 4.31 Å². The maximum absolute atomic E-state index is 12.5. The van der Waals surface area contributed by atoms with Crippen molar-refractivity contribution in [1.29, 1.82) is 0 Å². The second-order valence-corrected chi connectivity index (χ2v) is 8.83. The Morgan fingerprint density at radius 3 is 2.60 bits per heavy atom. The summed E-state index contributed by atoms with van der Waals surface area (Å²) in [5, 5.41) is 2.95. The van der Waals surface area contributed by atoms with Crippen molar-refractivity contribution in [3.05, 3.63) is 53.1 Å². The van der Waals surface area contributed by atoms with E-state index in [1.165, 1.54) is 49.5 Å². The number of sulfonamides is 1. The van der Waals surface area contributed by atoms with Gasteiger partial charge in [0.1, 0.15) is 12.3 Å². The fourth-order valence-corrected chi connectivity index (χ4v) is 3.83. The summed E-state index contributed by atoms with van der Waals surface area (Å²) in [5.74, 6) is -1.33. The molecule has 1 heterocycles. The number of carbonyl (C=O) groups excluding carboxylic acids is 3. The van der Waals surface area contributed by atoms with Crippen molar-refractivity contribution in [2.75, 3.05) is 32.1 Å². The van der Waals surface area contributed by atoms with Crippen LogP contribution in [0.25, 0.3) is 0 Å². The van der Waals surface area contributed by atoms with Crippen LogP contribution in [0.1, 0.15) is 10.4 Å². The van der Waals surface area contributed by atoms with E-state index in [-0.39, 0.29) is 23.0 Å². The van der Waals surface area contributed by atoms with Gasteiger partial charge in [0.05, 0.1) is 10.6 Å². The number of anilines is 1. The average molecular weight is 453 g/mol. The Kier molecular flexibility index (Phi) is 6.40. The van der Waals surface area contributed by atoms with Crippen molar-refractivity contribution in [1.82, 2.24) is 4.31 Å². The first-order valence-electron chi connectivity index (χ1n) is 8.64. The van der Waals surface area contributed by atoms with Gasteiger partial charge in [0.2, 0.25) is 10.0 Å². The van der Waals surface area contributed by atoms with Crippen LogP contribution in [0.15, 0.2) is 47.4 Å². The van der Waals surface area contributed by atoms with Gasteiger partial charge < -0.3 is 14.8 Å². The molecule has 0 aliphatic carbocycles. The van der Waals surface area contributed by atoms with E-state index in [0.29, 0.717) is 16.5 Å². The van der Waals surface area contributed by atoms with Crippen molar-refractivity contribution < 1.29 is 32.3 Å². The Labute approximate surface area is 177 Å². The number of ether oxygens (including phenoxy) is 2. The molecule has 9 nitrogen and oxygen atoms in total. The number of esters is 1. The minimum Gasteiger partial charge on any atom is -0.482 e. The van der Waals surface area contributed by atoms with E-state index in [1.54, 1.807) is 0 Å². The number of rotatable bonds is 7. The molecule has 2 aromatic carbocycles. The van der Waals surface area contributed by atoms with Gasteiger partial charge in [-0.3, -0.25) is 14.4 Å². The standard InChI is InChI=1S/C19H17ClN2O7S/c1-22(30(26,27)14-5-3-13(20)4-6-14)9-19(25)29-10-16(23)12-2-7-17-15(8-12)21-18(24)11-28-17/h2-8H,9-11H2,1H3,(H,21,24). The molecule has 0 fully saturated rings. The van der Waals surface area contributed by atoms with Crippen molar-refractivity contribution in [3.8, 4) is 5.75 Å². The lowest BCUT2D eigenvalue weighted by Crippen LogP contribution is -2.33. The highest BCUT2D eigenvalue weighted by Gasteiger charge is 2.24. The van der Waals surface area contributed by atoms with E-state index < -0.39 is 34.9 Å². The first-order chi connectivity index (χ1) is 14.2. The number of nitrogens with zero attached hydrogens (tertiary/aromatic N) is 1. The minimum atomic E-state index is -3.92. The summed E-state index contributed by atoms with van der Waals surface area (Å²) in [7, 11) is -2.70. The normalized spacial score (nSPS) is 13.2. The zero-order valence-electron chi connectivity index (χ0n) is 15.8. The molecule has 1 N–H and O–H groups in total. The number of fused-ring (bicyclic) bond motifs is 1. The number of Topliss-reactive ketones (excluding diaryl/α,β-unsaturated/α-hetero) is 1. The van der Waals surface area contributed by atoms with E-state index in [1.807, 2.05) is 0 Å². The van der Waals surface area contributed by atoms with Crippen LogP contribution in [0.3, 0.4) is 0 Å². The summed E-state index contributed by atoms with van der Waals surface area (Å²) in [5.41, 5.74) is 0.548. The summed E-state index contributed by atoms with van der Waals surface area (Å²) in [4.78, 5) is 35.6. The third kappa shape index (κ3) is 4.96. The maximum atomic E-state index is 12.5. The van der Waals surface area contributed by atoms with Gasteiger partial charge in [-0.1, -0.05) is 11.6 Å². The monoisotopic (exact) mass is 452 g/mol. The number of carbonyl (C=O) groups is 3. The molecule has 1 aliphatic rings. The predicted octanol–water partition coefficient (Wildman–Crippen LogP) is 1.72. The number of amides is 1. The second kappa shape index (κ2) is 8.82. The maximum Gasteiger partial charge on any atom is 0.321 e. The van der Waals surface area contributed by atoms with Crippen LogP contribution in [0.2, 0.25) is 5.02 Å². The molecular weight excluding hydrogens is 436 g/mol. The highest BCUT2D eigenvalue weighted by Crippen LogP contribution is 2.28. The molecule has 3 rings (SSSR count). The first kappa shape index (κ1) is 21.8. The average Bonchev–Trinajstić information content (AvgIpc) is 2.71. The van der Waals surface area contributed by atoms with E-state index in [2.05, 4.69) is 5.32 Å². The molecule has 30 heavy (non-hydrogen) atoms. The zero-order valence-corrected chi connectivity index (χ0v) is 17.3. The van der Waals surface area contributed by atoms with Gasteiger partial charge in [0.25, 0.3) is 5.91 Å². The predicted molar refractivity (Wildman–Crippen MR) is 107 cm³/mol. The summed E-state index contributed by atoms with van der Waals surface area (Å²) in [6.07, 6.45) is 0. The molecule has 0 atom stereocenters. The molecule has 158 valence electrons. The fourth-order valence-electron chi connectivity index (χ4n) is 2.58. The number of likely N-dealkylation sites (N-methyl/N-ethyl adjacent to an activating group) is 1. The number of benzene rings is 2. The van der Waals surface area contributed by atoms with E-state index in [9.17, 15) is 22.8 Å². The van der Waals surface area contributed by atoms with Gasteiger partial charge in [-0.15, -0.1) is 0 Å². The SMILES string of the molecule is CN(CC(=O)OCC(=O)c1ccc2c(c1)NC(=O)CO2)S(=O)(=O)c1ccc(Cl)cc1. The minimum absolute atomic E-state index is 0.0309. The van der Waals surface area contributed by atoms with Crippen molar-refractivity contribution in [2.45, 2.75) is 4.90 Å². The number of ketones is 1. The number of hydrogen-bond donors (Lipinski definition) is 1. The molecule has 2 aromatic rings. The number of hydrogen-bond acceptors (Lipinski definition) is 7. The third-order valence-corrected chi connectivity index (χ3v) is 6.24. The van der Waals surface area contributed by atoms with Gasteiger partial charge >= 0.3 is 5.97 Å². The quantitative estimate of drug-likeness (QED) is 0.501. The van der Waals surface area contributed by atoms with Crippen LogP contribution < -0.4 is 10.1 Å². The van der Waals surface area contributed by atoms with Crippen molar-refractivity contribution >= 4 is 45.0 Å². The Hall–Kier alpha value is -2.95. The lowest BCUT2D eigenvalue weighted by atomic mass is 10.1. The van der Waals surface area contributed by atoms with Crippen LogP contribution in [0.4, 0.5) is 5.69 Å². The second-order valence-electron chi connectivity index (χ2n) is 6.35.